The van der Waals surface area contributed by atoms with Crippen molar-refractivity contribution in [2.24, 2.45) is 0 Å². The van der Waals surface area contributed by atoms with Gasteiger partial charge in [-0.15, -0.1) is 0 Å². The fourth-order valence-corrected chi connectivity index (χ4v) is 4.98. The first kappa shape index (κ1) is 23.4. The molecular formula is C23H23N3O7S. The Labute approximate surface area is 196 Å². The zero-order chi connectivity index (χ0) is 24.5. The molecule has 34 heavy (non-hydrogen) atoms. The van der Waals surface area contributed by atoms with E-state index in [1.165, 1.54) is 34.6 Å². The summed E-state index contributed by atoms with van der Waals surface area (Å²) in [5.74, 6) is -1.66. The minimum absolute atomic E-state index is 0.00692. The smallest absolute Gasteiger partial charge is 0.338 e. The van der Waals surface area contributed by atoms with Crippen molar-refractivity contribution in [3.05, 3.63) is 59.2 Å². The summed E-state index contributed by atoms with van der Waals surface area (Å²) in [4.78, 5) is 48.4. The van der Waals surface area contributed by atoms with E-state index in [0.717, 1.165) is 10.6 Å². The highest BCUT2D eigenvalue weighted by atomic mass is 32.2. The number of nitrogens with zero attached hydrogens (tertiary/aromatic N) is 2. The second kappa shape index (κ2) is 9.26. The molecule has 2 aromatic rings. The van der Waals surface area contributed by atoms with Gasteiger partial charge in [-0.1, -0.05) is 0 Å². The second-order valence-corrected chi connectivity index (χ2v) is 10.1. The van der Waals surface area contributed by atoms with Crippen LogP contribution in [0.5, 0.6) is 0 Å². The Morgan fingerprint density at radius 2 is 1.71 bits per heavy atom. The van der Waals surface area contributed by atoms with Crippen LogP contribution in [0, 0.1) is 0 Å². The van der Waals surface area contributed by atoms with Gasteiger partial charge in [-0.3, -0.25) is 24.1 Å². The third-order valence-electron chi connectivity index (χ3n) is 5.70. The molecule has 0 aliphatic carbocycles. The molecule has 0 unspecified atom stereocenters. The zero-order valence-corrected chi connectivity index (χ0v) is 19.3. The van der Waals surface area contributed by atoms with E-state index in [4.69, 9.17) is 4.74 Å². The molecule has 1 fully saturated rings. The Balaban J connectivity index is 1.37. The quantitative estimate of drug-likeness (QED) is 0.466. The third-order valence-corrected chi connectivity index (χ3v) is 7.48. The van der Waals surface area contributed by atoms with Crippen LogP contribution >= 0.6 is 0 Å². The Kier molecular flexibility index (Phi) is 6.38. The number of esters is 1. The van der Waals surface area contributed by atoms with Crippen molar-refractivity contribution in [3.8, 4) is 0 Å². The number of fused-ring (bicyclic) bond motifs is 1. The molecule has 0 bridgehead atoms. The molecule has 11 heteroatoms. The van der Waals surface area contributed by atoms with Crippen LogP contribution in [0.25, 0.3) is 0 Å². The molecule has 1 saturated heterocycles. The van der Waals surface area contributed by atoms with Gasteiger partial charge < -0.3 is 4.74 Å². The molecule has 10 nitrogen and oxygen atoms in total. The first-order chi connectivity index (χ1) is 16.2. The number of hydrazine groups is 1. The molecular weight excluding hydrogens is 462 g/mol. The van der Waals surface area contributed by atoms with Gasteiger partial charge in [-0.05, 0) is 61.4 Å². The maximum absolute atomic E-state index is 12.5. The van der Waals surface area contributed by atoms with Crippen LogP contribution in [-0.4, -0.2) is 50.9 Å². The number of Topliss-reactive ketones (excluding diaryl/α,β-unsaturated/α-hetero) is 1. The Morgan fingerprint density at radius 3 is 2.41 bits per heavy atom. The van der Waals surface area contributed by atoms with Crippen LogP contribution in [0.2, 0.25) is 0 Å². The fraction of sp³-hybridized carbons (Fsp3) is 0.304. The summed E-state index contributed by atoms with van der Waals surface area (Å²) in [7, 11) is -3.38. The number of carbonyl (C=O) groups is 4. The minimum atomic E-state index is -3.38. The molecule has 4 rings (SSSR count). The van der Waals surface area contributed by atoms with Gasteiger partial charge in [0.25, 0.3) is 0 Å². The monoisotopic (exact) mass is 485 g/mol. The number of hydrogen-bond donors (Lipinski definition) is 1. The number of hydrogen-bond acceptors (Lipinski definition) is 7. The van der Waals surface area contributed by atoms with Gasteiger partial charge >= 0.3 is 5.97 Å². The Morgan fingerprint density at radius 1 is 1.00 bits per heavy atom. The summed E-state index contributed by atoms with van der Waals surface area (Å²) in [6.45, 7) is 1.44. The van der Waals surface area contributed by atoms with Gasteiger partial charge in [0.05, 0.1) is 22.7 Å². The van der Waals surface area contributed by atoms with E-state index in [2.05, 4.69) is 5.43 Å². The van der Waals surface area contributed by atoms with Crippen molar-refractivity contribution >= 4 is 45.0 Å². The van der Waals surface area contributed by atoms with Crippen LogP contribution < -0.4 is 14.7 Å². The fourth-order valence-electron chi connectivity index (χ4n) is 3.82. The lowest BCUT2D eigenvalue weighted by atomic mass is 10.1. The number of sulfonamides is 1. The van der Waals surface area contributed by atoms with Crippen LogP contribution in [0.15, 0.2) is 42.5 Å². The maximum Gasteiger partial charge on any atom is 0.338 e. The van der Waals surface area contributed by atoms with E-state index in [1.54, 1.807) is 19.1 Å². The summed E-state index contributed by atoms with van der Waals surface area (Å²) in [5.41, 5.74) is 4.71. The van der Waals surface area contributed by atoms with E-state index in [1.807, 2.05) is 0 Å². The van der Waals surface area contributed by atoms with E-state index >= 15 is 0 Å². The first-order valence-corrected chi connectivity index (χ1v) is 12.4. The summed E-state index contributed by atoms with van der Waals surface area (Å²) in [6.07, 6.45) is 0.739. The number of ether oxygens (including phenoxy) is 1. The summed E-state index contributed by atoms with van der Waals surface area (Å²) < 4.78 is 30.9. The number of amides is 2. The predicted octanol–water partition coefficient (Wildman–Crippen LogP) is 1.60. The molecule has 0 spiro atoms. The normalized spacial score (nSPS) is 15.7. The molecule has 0 radical (unpaired) electrons. The van der Waals surface area contributed by atoms with Gasteiger partial charge in [0, 0.05) is 24.9 Å². The molecule has 0 saturated carbocycles. The van der Waals surface area contributed by atoms with E-state index in [9.17, 15) is 27.6 Å². The number of carbonyl (C=O) groups excluding carboxylic acids is 4. The maximum atomic E-state index is 12.5. The van der Waals surface area contributed by atoms with Crippen LogP contribution in [0.1, 0.15) is 46.0 Å². The lowest BCUT2D eigenvalue weighted by Crippen LogP contribution is -2.50. The summed E-state index contributed by atoms with van der Waals surface area (Å²) in [6, 6.07) is 10.6. The van der Waals surface area contributed by atoms with Gasteiger partial charge in [-0.25, -0.2) is 18.2 Å². The van der Waals surface area contributed by atoms with E-state index in [-0.39, 0.29) is 36.0 Å². The van der Waals surface area contributed by atoms with Crippen molar-refractivity contribution in [3.63, 3.8) is 0 Å². The molecule has 2 aliphatic heterocycles. The largest absolute Gasteiger partial charge is 0.454 e. The first-order valence-electron chi connectivity index (χ1n) is 10.8. The molecule has 178 valence electrons. The highest BCUT2D eigenvalue weighted by Gasteiger charge is 2.29. The SMILES string of the molecule is CCS(=O)(=O)N1CCc2cc(C(=O)COC(=O)c3ccc(N4NC(=O)CCC4=O)cc3)ccc21. The average Bonchev–Trinajstić information content (AvgIpc) is 3.28. The Bertz CT molecular complexity index is 1270. The zero-order valence-electron chi connectivity index (χ0n) is 18.4. The standard InChI is InChI=1S/C23H23N3O7S/c1-2-34(31,32)25-12-11-16-13-17(5-8-19(16)25)20(27)14-33-23(30)15-3-6-18(7-4-15)26-22(29)10-9-21(28)24-26/h3-8,13H,2,9-12,14H2,1H3,(H,24,28). The van der Waals surface area contributed by atoms with E-state index in [0.29, 0.717) is 29.9 Å². The average molecular weight is 486 g/mol. The van der Waals surface area contributed by atoms with Crippen LogP contribution in [0.3, 0.4) is 0 Å². The number of rotatable bonds is 7. The number of ketones is 1. The third kappa shape index (κ3) is 4.65. The molecule has 2 amide bonds. The van der Waals surface area contributed by atoms with Crippen molar-refractivity contribution < 1.29 is 32.3 Å². The minimum Gasteiger partial charge on any atom is -0.454 e. The highest BCUT2D eigenvalue weighted by molar-refractivity contribution is 7.92. The van der Waals surface area contributed by atoms with Gasteiger partial charge in [0.2, 0.25) is 21.8 Å². The Hall–Kier alpha value is -3.73. The van der Waals surface area contributed by atoms with Gasteiger partial charge in [0.15, 0.2) is 12.4 Å². The molecule has 2 aliphatic rings. The molecule has 2 aromatic carbocycles. The van der Waals surface area contributed by atoms with Crippen molar-refractivity contribution in [1.82, 2.24) is 5.43 Å². The molecule has 2 heterocycles. The summed E-state index contributed by atoms with van der Waals surface area (Å²) >= 11 is 0. The topological polar surface area (TPSA) is 130 Å². The summed E-state index contributed by atoms with van der Waals surface area (Å²) in [5, 5.41) is 1.13. The van der Waals surface area contributed by atoms with Gasteiger partial charge in [-0.2, -0.15) is 0 Å². The lowest BCUT2D eigenvalue weighted by Gasteiger charge is -2.27. The van der Waals surface area contributed by atoms with Crippen molar-refractivity contribution in [2.75, 3.05) is 28.2 Å². The molecule has 0 aromatic heterocycles. The van der Waals surface area contributed by atoms with Crippen LogP contribution in [0.4, 0.5) is 11.4 Å². The van der Waals surface area contributed by atoms with Crippen molar-refractivity contribution in [2.45, 2.75) is 26.2 Å². The molecule has 1 N–H and O–H groups in total. The number of anilines is 2. The predicted molar refractivity (Wildman–Crippen MR) is 123 cm³/mol. The van der Waals surface area contributed by atoms with E-state index < -0.39 is 28.4 Å². The van der Waals surface area contributed by atoms with Crippen molar-refractivity contribution in [1.29, 1.82) is 0 Å². The molecule has 0 atom stereocenters. The second-order valence-electron chi connectivity index (χ2n) is 7.88. The van der Waals surface area contributed by atoms with Crippen LogP contribution in [-0.2, 0) is 30.8 Å². The lowest BCUT2D eigenvalue weighted by molar-refractivity contribution is -0.130. The highest BCUT2D eigenvalue weighted by Crippen LogP contribution is 2.31. The number of nitrogens with one attached hydrogen (secondary N) is 1. The number of benzene rings is 2. The van der Waals surface area contributed by atoms with Gasteiger partial charge in [0.1, 0.15) is 0 Å².